The van der Waals surface area contributed by atoms with Gasteiger partial charge in [-0.25, -0.2) is 13.4 Å². The fourth-order valence-electron chi connectivity index (χ4n) is 3.13. The molecule has 0 unspecified atom stereocenters. The van der Waals surface area contributed by atoms with E-state index in [1.807, 2.05) is 4.57 Å². The number of amides is 1. The first-order valence-electron chi connectivity index (χ1n) is 8.47. The number of morpholine rings is 1. The number of carbonyl (C=O) groups is 2. The lowest BCUT2D eigenvalue weighted by Gasteiger charge is -2.30. The first-order valence-corrected chi connectivity index (χ1v) is 9.97. The molecule has 1 saturated carbocycles. The van der Waals surface area contributed by atoms with Crippen LogP contribution in [0.2, 0.25) is 0 Å². The Morgan fingerprint density at radius 1 is 1.23 bits per heavy atom. The van der Waals surface area contributed by atoms with Crippen LogP contribution < -0.4 is 0 Å². The highest BCUT2D eigenvalue weighted by Gasteiger charge is 2.41. The summed E-state index contributed by atoms with van der Waals surface area (Å²) in [5.41, 5.74) is 0.547. The second kappa shape index (κ2) is 7.72. The summed E-state index contributed by atoms with van der Waals surface area (Å²) >= 11 is 0. The van der Waals surface area contributed by atoms with Crippen LogP contribution in [0, 0.1) is 0 Å². The summed E-state index contributed by atoms with van der Waals surface area (Å²) in [6, 6.07) is 0. The van der Waals surface area contributed by atoms with Crippen molar-refractivity contribution in [3.8, 4) is 0 Å². The summed E-state index contributed by atoms with van der Waals surface area (Å²) < 4.78 is 33.3. The maximum Gasteiger partial charge on any atom is 0.290 e. The Morgan fingerprint density at radius 3 is 2.50 bits per heavy atom. The number of sulfonamides is 1. The van der Waals surface area contributed by atoms with Gasteiger partial charge in [0.25, 0.3) is 12.4 Å². The number of fused-ring (bicyclic) bond motifs is 1. The first kappa shape index (κ1) is 18.8. The molecule has 2 aliphatic heterocycles. The average Bonchev–Trinajstić information content (AvgIpc) is 3.43. The molecule has 1 amide bonds. The molecule has 4 rings (SSSR count). The fourth-order valence-corrected chi connectivity index (χ4v) is 4.92. The minimum atomic E-state index is -3.19. The zero-order chi connectivity index (χ0) is 18.7. The number of nitrogens with zero attached hydrogens (tertiary/aromatic N) is 4. The largest absolute Gasteiger partial charge is 0.483 e. The van der Waals surface area contributed by atoms with Crippen molar-refractivity contribution in [3.63, 3.8) is 0 Å². The minimum absolute atomic E-state index is 0.0504. The third kappa shape index (κ3) is 3.74. The highest BCUT2D eigenvalue weighted by molar-refractivity contribution is 7.90. The van der Waals surface area contributed by atoms with Crippen molar-refractivity contribution in [1.29, 1.82) is 0 Å². The highest BCUT2D eigenvalue weighted by Crippen LogP contribution is 2.32. The SMILES string of the molecule is O=C(c1cnc2n1CCN(S(=O)(=O)C1CC1)C2)N1CCOCC1.O=CO. The van der Waals surface area contributed by atoms with Crippen molar-refractivity contribution in [2.45, 2.75) is 31.2 Å². The summed E-state index contributed by atoms with van der Waals surface area (Å²) in [6.45, 7) is 3.18. The van der Waals surface area contributed by atoms with Crippen LogP contribution in [-0.2, 0) is 32.6 Å². The van der Waals surface area contributed by atoms with Gasteiger partial charge in [-0.15, -0.1) is 0 Å². The van der Waals surface area contributed by atoms with Gasteiger partial charge in [0.1, 0.15) is 11.5 Å². The van der Waals surface area contributed by atoms with Crippen molar-refractivity contribution in [2.75, 3.05) is 32.8 Å². The topological polar surface area (TPSA) is 122 Å². The molecule has 1 N–H and O–H groups in total. The molecule has 3 heterocycles. The van der Waals surface area contributed by atoms with E-state index in [0.717, 1.165) is 12.8 Å². The number of imidazole rings is 1. The molecule has 11 heteroatoms. The average molecular weight is 386 g/mol. The summed E-state index contributed by atoms with van der Waals surface area (Å²) in [5.74, 6) is 0.600. The van der Waals surface area contributed by atoms with E-state index in [2.05, 4.69) is 4.98 Å². The molecule has 26 heavy (non-hydrogen) atoms. The number of ether oxygens (including phenoxy) is 1. The molecule has 0 aromatic carbocycles. The van der Waals surface area contributed by atoms with Gasteiger partial charge in [0.15, 0.2) is 0 Å². The van der Waals surface area contributed by atoms with Crippen LogP contribution in [-0.4, -0.2) is 82.8 Å². The minimum Gasteiger partial charge on any atom is -0.483 e. The molecule has 0 radical (unpaired) electrons. The molecular weight excluding hydrogens is 364 g/mol. The van der Waals surface area contributed by atoms with E-state index in [-0.39, 0.29) is 24.2 Å². The van der Waals surface area contributed by atoms with Crippen molar-refractivity contribution in [2.24, 2.45) is 0 Å². The molecular formula is C15H22N4O6S. The van der Waals surface area contributed by atoms with Crippen molar-refractivity contribution >= 4 is 22.4 Å². The Labute approximate surface area is 151 Å². The van der Waals surface area contributed by atoms with E-state index >= 15 is 0 Å². The van der Waals surface area contributed by atoms with Gasteiger partial charge < -0.3 is 19.3 Å². The normalized spacial score (nSPS) is 20.7. The van der Waals surface area contributed by atoms with Crippen molar-refractivity contribution in [1.82, 2.24) is 18.8 Å². The molecule has 1 aromatic rings. The molecule has 2 fully saturated rings. The van der Waals surface area contributed by atoms with Gasteiger partial charge in [0.05, 0.1) is 31.2 Å². The quantitative estimate of drug-likeness (QED) is 0.686. The maximum absolute atomic E-state index is 12.6. The number of carboxylic acid groups (broad SMARTS) is 1. The lowest BCUT2D eigenvalue weighted by Crippen LogP contribution is -2.43. The Balaban J connectivity index is 0.000000613. The zero-order valence-corrected chi connectivity index (χ0v) is 15.1. The molecule has 0 spiro atoms. The highest BCUT2D eigenvalue weighted by atomic mass is 32.2. The van der Waals surface area contributed by atoms with Crippen molar-refractivity contribution < 1.29 is 27.9 Å². The van der Waals surface area contributed by atoms with Gasteiger partial charge in [-0.3, -0.25) is 9.59 Å². The fraction of sp³-hybridized carbons (Fsp3) is 0.667. The van der Waals surface area contributed by atoms with E-state index in [1.54, 1.807) is 11.1 Å². The van der Waals surface area contributed by atoms with Crippen LogP contribution in [0.1, 0.15) is 29.2 Å². The third-order valence-corrected chi connectivity index (χ3v) is 7.00. The van der Waals surface area contributed by atoms with E-state index in [9.17, 15) is 13.2 Å². The summed E-state index contributed by atoms with van der Waals surface area (Å²) in [4.78, 5) is 27.0. The van der Waals surface area contributed by atoms with E-state index in [0.29, 0.717) is 50.9 Å². The number of hydrogen-bond donors (Lipinski definition) is 1. The zero-order valence-electron chi connectivity index (χ0n) is 14.3. The molecule has 10 nitrogen and oxygen atoms in total. The molecule has 1 saturated heterocycles. The van der Waals surface area contributed by atoms with E-state index < -0.39 is 10.0 Å². The predicted octanol–water partition coefficient (Wildman–Crippen LogP) is -0.636. The van der Waals surface area contributed by atoms with Gasteiger partial charge in [-0.1, -0.05) is 0 Å². The monoisotopic (exact) mass is 386 g/mol. The Kier molecular flexibility index (Phi) is 5.58. The lowest BCUT2D eigenvalue weighted by atomic mass is 10.3. The number of rotatable bonds is 3. The van der Waals surface area contributed by atoms with Crippen LogP contribution in [0.5, 0.6) is 0 Å². The lowest BCUT2D eigenvalue weighted by molar-refractivity contribution is -0.122. The molecule has 3 aliphatic rings. The Bertz CT molecular complexity index is 767. The maximum atomic E-state index is 12.6. The molecule has 0 atom stereocenters. The molecule has 144 valence electrons. The number of aromatic nitrogens is 2. The van der Waals surface area contributed by atoms with E-state index in [1.165, 1.54) is 4.31 Å². The van der Waals surface area contributed by atoms with Crippen LogP contribution in [0.25, 0.3) is 0 Å². The van der Waals surface area contributed by atoms with Gasteiger partial charge in [0, 0.05) is 26.2 Å². The Hall–Kier alpha value is -1.98. The molecule has 0 bridgehead atoms. The van der Waals surface area contributed by atoms with Crippen LogP contribution in [0.3, 0.4) is 0 Å². The number of carbonyl (C=O) groups excluding carboxylic acids is 1. The van der Waals surface area contributed by atoms with Crippen LogP contribution in [0.4, 0.5) is 0 Å². The van der Waals surface area contributed by atoms with Crippen LogP contribution >= 0.6 is 0 Å². The number of hydrogen-bond acceptors (Lipinski definition) is 6. The van der Waals surface area contributed by atoms with Gasteiger partial charge in [-0.2, -0.15) is 4.31 Å². The standard InChI is InChI=1S/C14H20N4O4S.CH2O2/c19-14(16-5-7-22-8-6-16)12-9-15-13-10-17(3-4-18(12)13)23(20,21)11-1-2-11;2-1-3/h9,11H,1-8,10H2;1H,(H,2,3). The Morgan fingerprint density at radius 2 is 1.88 bits per heavy atom. The van der Waals surface area contributed by atoms with Crippen molar-refractivity contribution in [3.05, 3.63) is 17.7 Å². The summed E-state index contributed by atoms with van der Waals surface area (Å²) in [6.07, 6.45) is 3.09. The third-order valence-electron chi connectivity index (χ3n) is 4.65. The summed E-state index contributed by atoms with van der Waals surface area (Å²) in [7, 11) is -3.19. The first-order chi connectivity index (χ1) is 12.5. The van der Waals surface area contributed by atoms with E-state index in [4.69, 9.17) is 14.6 Å². The predicted molar refractivity (Wildman–Crippen MR) is 90.0 cm³/mol. The van der Waals surface area contributed by atoms with Crippen LogP contribution in [0.15, 0.2) is 6.20 Å². The smallest absolute Gasteiger partial charge is 0.290 e. The van der Waals surface area contributed by atoms with Gasteiger partial charge >= 0.3 is 0 Å². The summed E-state index contributed by atoms with van der Waals surface area (Å²) in [5, 5.41) is 6.68. The van der Waals surface area contributed by atoms with Gasteiger partial charge in [-0.05, 0) is 12.8 Å². The second-order valence-electron chi connectivity index (χ2n) is 6.30. The van der Waals surface area contributed by atoms with Gasteiger partial charge in [0.2, 0.25) is 10.0 Å². The molecule has 1 aromatic heterocycles. The molecule has 1 aliphatic carbocycles. The second-order valence-corrected chi connectivity index (χ2v) is 8.51.